The van der Waals surface area contributed by atoms with Crippen LogP contribution in [0.3, 0.4) is 0 Å². The predicted molar refractivity (Wildman–Crippen MR) is 134 cm³/mol. The van der Waals surface area contributed by atoms with Crippen molar-refractivity contribution >= 4 is 5.97 Å². The Bertz CT molecular complexity index is 589. The second kappa shape index (κ2) is 11.7. The molecule has 32 heavy (non-hydrogen) atoms. The van der Waals surface area contributed by atoms with Crippen LogP contribution < -0.4 is 0 Å². The molecule has 4 saturated carbocycles. The summed E-state index contributed by atoms with van der Waals surface area (Å²) in [7, 11) is 1.49. The molecule has 4 aliphatic rings. The number of carbonyl (C=O) groups is 1. The minimum Gasteiger partial charge on any atom is -0.469 e. The summed E-state index contributed by atoms with van der Waals surface area (Å²) >= 11 is 0. The first-order valence-corrected chi connectivity index (χ1v) is 14.0. The van der Waals surface area contributed by atoms with Gasteiger partial charge in [-0.05, 0) is 104 Å². The van der Waals surface area contributed by atoms with Crippen molar-refractivity contribution in [2.24, 2.45) is 46.3 Å². The molecule has 0 heterocycles. The molecule has 0 aromatic rings. The lowest BCUT2D eigenvalue weighted by Crippen LogP contribution is -2.58. The minimum absolute atomic E-state index is 0.0726. The molecule has 3 nitrogen and oxygen atoms in total. The van der Waals surface area contributed by atoms with Crippen LogP contribution in [0.25, 0.3) is 0 Å². The molecule has 0 aromatic heterocycles. The lowest BCUT2D eigenvalue weighted by atomic mass is 9.43. The molecular formula is C29H54O3. The monoisotopic (exact) mass is 450 g/mol. The summed E-state index contributed by atoms with van der Waals surface area (Å²) in [4.78, 5) is 11.5. The Morgan fingerprint density at radius 3 is 2.22 bits per heavy atom. The molecule has 188 valence electrons. The summed E-state index contributed by atoms with van der Waals surface area (Å²) in [6, 6.07) is 0. The quantitative estimate of drug-likeness (QED) is 0.447. The van der Waals surface area contributed by atoms with E-state index in [-0.39, 0.29) is 12.1 Å². The average Bonchev–Trinajstić information content (AvgIpc) is 3.14. The second-order valence-corrected chi connectivity index (χ2v) is 11.5. The zero-order valence-corrected chi connectivity index (χ0v) is 22.6. The minimum atomic E-state index is -0.0909. The second-order valence-electron chi connectivity index (χ2n) is 11.5. The standard InChI is InChI=1S/C25H42O3.2C2H6/c1-16-10-12-25(3)18(14-16)15-21(26)23-19-9-8-17(6-5-7-22(27)28-4)24(19,2)13-11-20(23)25;2*1-2/h16-21,23,26H,5-15H2,1-4H3;2*1-2H3. The summed E-state index contributed by atoms with van der Waals surface area (Å²) in [5.74, 6) is 4.13. The van der Waals surface area contributed by atoms with Gasteiger partial charge < -0.3 is 9.84 Å². The van der Waals surface area contributed by atoms with Crippen molar-refractivity contribution in [1.82, 2.24) is 0 Å². The number of hydrogen-bond donors (Lipinski definition) is 1. The lowest BCUT2D eigenvalue weighted by molar-refractivity contribution is -0.167. The van der Waals surface area contributed by atoms with Crippen LogP contribution >= 0.6 is 0 Å². The fourth-order valence-electron chi connectivity index (χ4n) is 8.62. The van der Waals surface area contributed by atoms with E-state index in [2.05, 4.69) is 20.8 Å². The third-order valence-electron chi connectivity index (χ3n) is 10.3. The summed E-state index contributed by atoms with van der Waals surface area (Å²) in [5, 5.41) is 11.3. The number of rotatable bonds is 4. The largest absolute Gasteiger partial charge is 0.469 e. The molecule has 3 heteroatoms. The van der Waals surface area contributed by atoms with Crippen molar-refractivity contribution in [3.8, 4) is 0 Å². The van der Waals surface area contributed by atoms with Crippen molar-refractivity contribution in [2.45, 2.75) is 125 Å². The molecule has 0 aromatic carbocycles. The number of fused-ring (bicyclic) bond motifs is 5. The Balaban J connectivity index is 0.000000860. The molecule has 0 spiro atoms. The molecule has 0 saturated heterocycles. The van der Waals surface area contributed by atoms with Gasteiger partial charge in [0.1, 0.15) is 0 Å². The van der Waals surface area contributed by atoms with Crippen molar-refractivity contribution in [1.29, 1.82) is 0 Å². The van der Waals surface area contributed by atoms with Crippen LogP contribution in [0.5, 0.6) is 0 Å². The molecular weight excluding hydrogens is 396 g/mol. The fraction of sp³-hybridized carbons (Fsp3) is 0.966. The first kappa shape index (κ1) is 27.7. The zero-order chi connectivity index (χ0) is 24.1. The maximum Gasteiger partial charge on any atom is 0.305 e. The topological polar surface area (TPSA) is 46.5 Å². The Labute approximate surface area is 199 Å². The molecule has 4 fully saturated rings. The van der Waals surface area contributed by atoms with Gasteiger partial charge in [-0.25, -0.2) is 0 Å². The molecule has 0 bridgehead atoms. The summed E-state index contributed by atoms with van der Waals surface area (Å²) in [6.07, 6.45) is 12.9. The summed E-state index contributed by atoms with van der Waals surface area (Å²) in [6.45, 7) is 15.5. The van der Waals surface area contributed by atoms with Gasteiger partial charge in [0.2, 0.25) is 0 Å². The van der Waals surface area contributed by atoms with Gasteiger partial charge in [-0.3, -0.25) is 4.79 Å². The molecule has 4 rings (SSSR count). The van der Waals surface area contributed by atoms with E-state index < -0.39 is 0 Å². The maximum absolute atomic E-state index is 11.5. The smallest absolute Gasteiger partial charge is 0.305 e. The van der Waals surface area contributed by atoms with E-state index in [1.54, 1.807) is 0 Å². The van der Waals surface area contributed by atoms with Crippen LogP contribution in [0.15, 0.2) is 0 Å². The number of hydrogen-bond acceptors (Lipinski definition) is 3. The lowest BCUT2D eigenvalue weighted by Gasteiger charge is -2.62. The highest BCUT2D eigenvalue weighted by Gasteiger charge is 2.62. The van der Waals surface area contributed by atoms with Crippen LogP contribution in [0.4, 0.5) is 0 Å². The van der Waals surface area contributed by atoms with Gasteiger partial charge in [-0.15, -0.1) is 0 Å². The third kappa shape index (κ3) is 5.08. The third-order valence-corrected chi connectivity index (χ3v) is 10.3. The predicted octanol–water partition coefficient (Wildman–Crippen LogP) is 7.65. The Hall–Kier alpha value is -0.570. The molecule has 9 atom stereocenters. The van der Waals surface area contributed by atoms with E-state index in [9.17, 15) is 9.90 Å². The van der Waals surface area contributed by atoms with Crippen LogP contribution in [0, 0.1) is 46.3 Å². The van der Waals surface area contributed by atoms with E-state index in [0.29, 0.717) is 35.0 Å². The van der Waals surface area contributed by atoms with E-state index in [4.69, 9.17) is 4.74 Å². The highest BCUT2D eigenvalue weighted by molar-refractivity contribution is 5.68. The Morgan fingerprint density at radius 1 is 0.938 bits per heavy atom. The van der Waals surface area contributed by atoms with Crippen molar-refractivity contribution < 1.29 is 14.6 Å². The fourth-order valence-corrected chi connectivity index (χ4v) is 8.62. The summed E-state index contributed by atoms with van der Waals surface area (Å²) < 4.78 is 4.83. The first-order chi connectivity index (χ1) is 15.3. The van der Waals surface area contributed by atoms with E-state index in [1.807, 2.05) is 27.7 Å². The van der Waals surface area contributed by atoms with Gasteiger partial charge in [0, 0.05) is 6.42 Å². The number of aliphatic hydroxyl groups is 1. The molecule has 4 aliphatic carbocycles. The van der Waals surface area contributed by atoms with Crippen LogP contribution in [0.1, 0.15) is 119 Å². The number of methoxy groups -OCH3 is 1. The van der Waals surface area contributed by atoms with Crippen LogP contribution in [-0.4, -0.2) is 24.3 Å². The van der Waals surface area contributed by atoms with Gasteiger partial charge >= 0.3 is 5.97 Å². The van der Waals surface area contributed by atoms with Crippen LogP contribution in [0.2, 0.25) is 0 Å². The van der Waals surface area contributed by atoms with Crippen molar-refractivity contribution in [3.63, 3.8) is 0 Å². The number of esters is 1. The normalized spacial score (nSPS) is 44.5. The van der Waals surface area contributed by atoms with E-state index >= 15 is 0 Å². The molecule has 0 aliphatic heterocycles. The Kier molecular flexibility index (Phi) is 10.1. The zero-order valence-electron chi connectivity index (χ0n) is 22.6. The number of aliphatic hydroxyl groups excluding tert-OH is 1. The van der Waals surface area contributed by atoms with E-state index in [1.165, 1.54) is 52.1 Å². The average molecular weight is 451 g/mol. The van der Waals surface area contributed by atoms with Gasteiger partial charge in [0.05, 0.1) is 13.2 Å². The summed E-state index contributed by atoms with van der Waals surface area (Å²) in [5.41, 5.74) is 0.824. The Morgan fingerprint density at radius 2 is 1.56 bits per heavy atom. The van der Waals surface area contributed by atoms with Crippen molar-refractivity contribution in [2.75, 3.05) is 7.11 Å². The van der Waals surface area contributed by atoms with Crippen LogP contribution in [-0.2, 0) is 9.53 Å². The van der Waals surface area contributed by atoms with Gasteiger partial charge in [0.25, 0.3) is 0 Å². The van der Waals surface area contributed by atoms with Gasteiger partial charge in [0.15, 0.2) is 0 Å². The molecule has 1 N–H and O–H groups in total. The van der Waals surface area contributed by atoms with Crippen molar-refractivity contribution in [3.05, 3.63) is 0 Å². The number of carbonyl (C=O) groups excluding carboxylic acids is 1. The maximum atomic E-state index is 11.5. The highest BCUT2D eigenvalue weighted by Crippen LogP contribution is 2.68. The van der Waals surface area contributed by atoms with E-state index in [0.717, 1.165) is 37.0 Å². The highest BCUT2D eigenvalue weighted by atomic mass is 16.5. The van der Waals surface area contributed by atoms with Gasteiger partial charge in [-0.1, -0.05) is 54.9 Å². The molecule has 0 amide bonds. The molecule has 9 unspecified atom stereocenters. The molecule has 0 radical (unpaired) electrons. The number of ether oxygens (including phenoxy) is 1. The first-order valence-electron chi connectivity index (χ1n) is 14.0. The van der Waals surface area contributed by atoms with Gasteiger partial charge in [-0.2, -0.15) is 0 Å². The SMILES string of the molecule is CC.CC.COC(=O)CCCC1CCC2C3C(O)CC4CC(C)CCC4(C)C3CCC12C.